The summed E-state index contributed by atoms with van der Waals surface area (Å²) in [5.74, 6) is -0.373. The molecule has 1 heterocycles. The Morgan fingerprint density at radius 2 is 1.93 bits per heavy atom. The van der Waals surface area contributed by atoms with E-state index in [0.29, 0.717) is 18.1 Å². The van der Waals surface area contributed by atoms with E-state index in [1.807, 2.05) is 17.5 Å². The van der Waals surface area contributed by atoms with Crippen molar-refractivity contribution in [3.8, 4) is 11.5 Å². The molecule has 2 aromatic carbocycles. The monoisotopic (exact) mass is 409 g/mol. The van der Waals surface area contributed by atoms with Gasteiger partial charge < -0.3 is 19.9 Å². The normalized spacial score (nSPS) is 10.7. The minimum atomic E-state index is -1.10. The first-order chi connectivity index (χ1) is 14.1. The molecule has 0 saturated carbocycles. The molecule has 0 aliphatic carbocycles. The topological polar surface area (TPSA) is 84.9 Å². The number of rotatable bonds is 8. The van der Waals surface area contributed by atoms with E-state index in [1.165, 1.54) is 18.2 Å². The summed E-state index contributed by atoms with van der Waals surface area (Å²) < 4.78 is 11.2. The molecule has 1 aromatic heterocycles. The van der Waals surface area contributed by atoms with Gasteiger partial charge in [0.1, 0.15) is 6.61 Å². The third-order valence-electron chi connectivity index (χ3n) is 3.98. The van der Waals surface area contributed by atoms with E-state index in [0.717, 1.165) is 10.4 Å². The van der Waals surface area contributed by atoms with E-state index >= 15 is 0 Å². The molecule has 3 aromatic rings. The molecule has 0 atom stereocenters. The van der Waals surface area contributed by atoms with Gasteiger partial charge in [-0.2, -0.15) is 0 Å². The average molecular weight is 409 g/mol. The van der Waals surface area contributed by atoms with Crippen molar-refractivity contribution in [3.63, 3.8) is 0 Å². The highest BCUT2D eigenvalue weighted by atomic mass is 32.1. The summed E-state index contributed by atoms with van der Waals surface area (Å²) in [6.07, 6.45) is 2.95. The van der Waals surface area contributed by atoms with Crippen molar-refractivity contribution < 1.29 is 24.2 Å². The van der Waals surface area contributed by atoms with Gasteiger partial charge >= 0.3 is 5.97 Å². The summed E-state index contributed by atoms with van der Waals surface area (Å²) in [4.78, 5) is 24.5. The van der Waals surface area contributed by atoms with Crippen LogP contribution < -0.4 is 14.8 Å². The van der Waals surface area contributed by atoms with Crippen LogP contribution in [0, 0.1) is 0 Å². The SMILES string of the molecule is COc1cc(C=CC(=O)Nc2ccccc2C(=O)O)ccc1OCc1cccs1. The summed E-state index contributed by atoms with van der Waals surface area (Å²) in [6.45, 7) is 0.453. The number of anilines is 1. The number of carbonyl (C=O) groups is 2. The Morgan fingerprint density at radius 1 is 1.10 bits per heavy atom. The number of carboxylic acid groups (broad SMARTS) is 1. The molecule has 1 amide bonds. The van der Waals surface area contributed by atoms with Crippen LogP contribution in [-0.4, -0.2) is 24.1 Å². The Balaban J connectivity index is 1.67. The second kappa shape index (κ2) is 9.57. The highest BCUT2D eigenvalue weighted by Gasteiger charge is 2.10. The van der Waals surface area contributed by atoms with Crippen LogP contribution >= 0.6 is 11.3 Å². The van der Waals surface area contributed by atoms with Crippen LogP contribution in [0.4, 0.5) is 5.69 Å². The molecule has 3 rings (SSSR count). The quantitative estimate of drug-likeness (QED) is 0.528. The van der Waals surface area contributed by atoms with E-state index in [4.69, 9.17) is 9.47 Å². The van der Waals surface area contributed by atoms with E-state index in [2.05, 4.69) is 5.32 Å². The van der Waals surface area contributed by atoms with Gasteiger partial charge in [-0.15, -0.1) is 11.3 Å². The van der Waals surface area contributed by atoms with Gasteiger partial charge in [-0.3, -0.25) is 4.79 Å². The molecule has 0 spiro atoms. The molecule has 148 valence electrons. The van der Waals surface area contributed by atoms with Gasteiger partial charge in [0.15, 0.2) is 11.5 Å². The molecule has 0 radical (unpaired) electrons. The fraction of sp³-hybridized carbons (Fsp3) is 0.0909. The number of benzene rings is 2. The molecule has 2 N–H and O–H groups in total. The smallest absolute Gasteiger partial charge is 0.337 e. The van der Waals surface area contributed by atoms with Crippen LogP contribution in [0.3, 0.4) is 0 Å². The van der Waals surface area contributed by atoms with Gasteiger partial charge in [0.05, 0.1) is 18.4 Å². The van der Waals surface area contributed by atoms with Gasteiger partial charge in [0, 0.05) is 11.0 Å². The number of ether oxygens (including phenoxy) is 2. The van der Waals surface area contributed by atoms with Crippen molar-refractivity contribution in [2.24, 2.45) is 0 Å². The van der Waals surface area contributed by atoms with E-state index in [-0.39, 0.29) is 11.3 Å². The van der Waals surface area contributed by atoms with E-state index in [9.17, 15) is 14.7 Å². The fourth-order valence-corrected chi connectivity index (χ4v) is 3.19. The molecule has 0 bridgehead atoms. The maximum Gasteiger partial charge on any atom is 0.337 e. The fourth-order valence-electron chi connectivity index (χ4n) is 2.58. The second-order valence-corrected chi connectivity index (χ2v) is 6.98. The first-order valence-electron chi connectivity index (χ1n) is 8.71. The predicted octanol–water partition coefficient (Wildman–Crippen LogP) is 4.69. The zero-order valence-corrected chi connectivity index (χ0v) is 16.4. The molecule has 0 aliphatic rings. The molecule has 0 saturated heterocycles. The maximum absolute atomic E-state index is 12.2. The van der Waals surface area contributed by atoms with Crippen LogP contribution in [0.15, 0.2) is 66.1 Å². The minimum absolute atomic E-state index is 0.0307. The number of para-hydroxylation sites is 1. The number of carbonyl (C=O) groups excluding carboxylic acids is 1. The number of carboxylic acids is 1. The van der Waals surface area contributed by atoms with E-state index < -0.39 is 11.9 Å². The first kappa shape index (κ1) is 20.2. The average Bonchev–Trinajstić information content (AvgIpc) is 3.25. The molecule has 29 heavy (non-hydrogen) atoms. The highest BCUT2D eigenvalue weighted by Crippen LogP contribution is 2.29. The summed E-state index contributed by atoms with van der Waals surface area (Å²) in [5, 5.41) is 13.7. The Labute approximate surface area is 172 Å². The number of hydrogen-bond donors (Lipinski definition) is 2. The number of methoxy groups -OCH3 is 1. The van der Waals surface area contributed by atoms with Crippen LogP contribution in [0.25, 0.3) is 6.08 Å². The minimum Gasteiger partial charge on any atom is -0.493 e. The lowest BCUT2D eigenvalue weighted by atomic mass is 10.1. The summed E-state index contributed by atoms with van der Waals surface area (Å²) >= 11 is 1.62. The van der Waals surface area contributed by atoms with Gasteiger partial charge in [-0.25, -0.2) is 4.79 Å². The van der Waals surface area contributed by atoms with Crippen LogP contribution in [-0.2, 0) is 11.4 Å². The molecule has 6 nitrogen and oxygen atoms in total. The third kappa shape index (κ3) is 5.46. The summed E-state index contributed by atoms with van der Waals surface area (Å²) in [5.41, 5.74) is 1.01. The van der Waals surface area contributed by atoms with Crippen LogP contribution in [0.5, 0.6) is 11.5 Å². The van der Waals surface area contributed by atoms with Gasteiger partial charge in [0.2, 0.25) is 5.91 Å². The maximum atomic E-state index is 12.2. The highest BCUT2D eigenvalue weighted by molar-refractivity contribution is 7.09. The number of amides is 1. The van der Waals surface area contributed by atoms with Crippen molar-refractivity contribution in [3.05, 3.63) is 82.1 Å². The first-order valence-corrected chi connectivity index (χ1v) is 9.59. The lowest BCUT2D eigenvalue weighted by molar-refractivity contribution is -0.111. The van der Waals surface area contributed by atoms with Crippen LogP contribution in [0.2, 0.25) is 0 Å². The lowest BCUT2D eigenvalue weighted by Gasteiger charge is -2.10. The molecular weight excluding hydrogens is 390 g/mol. The molecule has 0 unspecified atom stereocenters. The lowest BCUT2D eigenvalue weighted by Crippen LogP contribution is -2.11. The van der Waals surface area contributed by atoms with E-state index in [1.54, 1.807) is 54.9 Å². The molecule has 7 heteroatoms. The van der Waals surface area contributed by atoms with Crippen molar-refractivity contribution in [1.29, 1.82) is 0 Å². The number of nitrogens with one attached hydrogen (secondary N) is 1. The molecule has 0 fully saturated rings. The standard InChI is InChI=1S/C22H19NO5S/c1-27-20-13-15(8-10-19(20)28-14-16-5-4-12-29-16)9-11-21(24)23-18-7-3-2-6-17(18)22(25)26/h2-13H,14H2,1H3,(H,23,24)(H,25,26). The van der Waals surface area contributed by atoms with Crippen molar-refractivity contribution >= 4 is 35.0 Å². The van der Waals surface area contributed by atoms with Crippen molar-refractivity contribution in [2.75, 3.05) is 12.4 Å². The Bertz CT molecular complexity index is 1030. The van der Waals surface area contributed by atoms with Crippen molar-refractivity contribution in [2.45, 2.75) is 6.61 Å². The Kier molecular flexibility index (Phi) is 6.65. The largest absolute Gasteiger partial charge is 0.493 e. The third-order valence-corrected chi connectivity index (χ3v) is 4.83. The summed E-state index contributed by atoms with van der Waals surface area (Å²) in [6, 6.07) is 15.5. The number of hydrogen-bond acceptors (Lipinski definition) is 5. The predicted molar refractivity (Wildman–Crippen MR) is 113 cm³/mol. The second-order valence-electron chi connectivity index (χ2n) is 5.95. The summed E-state index contributed by atoms with van der Waals surface area (Å²) in [7, 11) is 1.55. The Hall–Kier alpha value is -3.58. The van der Waals surface area contributed by atoms with Gasteiger partial charge in [0.25, 0.3) is 0 Å². The zero-order chi connectivity index (χ0) is 20.6. The van der Waals surface area contributed by atoms with Gasteiger partial charge in [-0.05, 0) is 47.4 Å². The number of thiophene rings is 1. The molecular formula is C22H19NO5S. The van der Waals surface area contributed by atoms with Crippen LogP contribution in [0.1, 0.15) is 20.8 Å². The van der Waals surface area contributed by atoms with Crippen molar-refractivity contribution in [1.82, 2.24) is 0 Å². The zero-order valence-electron chi connectivity index (χ0n) is 15.6. The number of aromatic carboxylic acids is 1. The van der Waals surface area contributed by atoms with Gasteiger partial charge in [-0.1, -0.05) is 24.3 Å². The Morgan fingerprint density at radius 3 is 2.66 bits per heavy atom. The molecule has 0 aliphatic heterocycles.